The summed E-state index contributed by atoms with van der Waals surface area (Å²) in [5, 5.41) is 0. The van der Waals surface area contributed by atoms with Crippen molar-refractivity contribution in [3.8, 4) is 11.5 Å². The number of hydrogen-bond acceptors (Lipinski definition) is 7. The summed E-state index contributed by atoms with van der Waals surface area (Å²) in [7, 11) is 3.39. The monoisotopic (exact) mass is 512 g/mol. The summed E-state index contributed by atoms with van der Waals surface area (Å²) >= 11 is 0. The molecule has 0 N–H and O–H groups in total. The van der Waals surface area contributed by atoms with Gasteiger partial charge in [0.15, 0.2) is 0 Å². The fourth-order valence-corrected chi connectivity index (χ4v) is 7.33. The average molecular weight is 513 g/mol. The lowest BCUT2D eigenvalue weighted by Crippen LogP contribution is -2.46. The van der Waals surface area contributed by atoms with E-state index in [4.69, 9.17) is 18.9 Å². The number of carbonyl (C=O) groups excluding carboxylic acids is 1. The van der Waals surface area contributed by atoms with Crippen LogP contribution in [0.1, 0.15) is 44.6 Å². The third kappa shape index (κ3) is 5.69. The van der Waals surface area contributed by atoms with E-state index in [2.05, 4.69) is 29.4 Å². The van der Waals surface area contributed by atoms with Crippen molar-refractivity contribution >= 4 is 5.97 Å². The van der Waals surface area contributed by atoms with Gasteiger partial charge in [0.1, 0.15) is 17.6 Å². The van der Waals surface area contributed by atoms with E-state index in [0.29, 0.717) is 19.0 Å². The first-order valence-corrected chi connectivity index (χ1v) is 14.0. The molecule has 0 amide bonds. The number of morpholine rings is 1. The molecule has 4 fully saturated rings. The fraction of sp³-hybridized carbons (Fsp3) is 0.700. The van der Waals surface area contributed by atoms with E-state index in [1.807, 2.05) is 12.1 Å². The molecule has 1 aromatic carbocycles. The maximum Gasteiger partial charge on any atom is 0.310 e. The number of nitrogens with zero attached hydrogens (tertiary/aromatic N) is 2. The largest absolute Gasteiger partial charge is 0.497 e. The van der Waals surface area contributed by atoms with Gasteiger partial charge in [-0.15, -0.1) is 0 Å². The molecule has 204 valence electrons. The SMILES string of the molecule is C=C1CCC[C@]2(C)C[C@H]3OC(=O)[C@H](CN(CCN4CCOCC4)Cc4cc(OC)ccc4OC)[C@@H]3C[C@H]12. The molecule has 2 heterocycles. The van der Waals surface area contributed by atoms with Crippen LogP contribution in [0.25, 0.3) is 0 Å². The van der Waals surface area contributed by atoms with E-state index >= 15 is 0 Å². The number of rotatable bonds is 9. The highest BCUT2D eigenvalue weighted by molar-refractivity contribution is 5.75. The van der Waals surface area contributed by atoms with Crippen molar-refractivity contribution in [1.82, 2.24) is 9.80 Å². The molecule has 7 nitrogen and oxygen atoms in total. The summed E-state index contributed by atoms with van der Waals surface area (Å²) in [6.07, 6.45) is 5.58. The molecular weight excluding hydrogens is 468 g/mol. The summed E-state index contributed by atoms with van der Waals surface area (Å²) in [4.78, 5) is 18.2. The summed E-state index contributed by atoms with van der Waals surface area (Å²) in [6, 6.07) is 5.94. The number of esters is 1. The predicted molar refractivity (Wildman–Crippen MR) is 143 cm³/mol. The molecule has 1 aromatic rings. The van der Waals surface area contributed by atoms with E-state index < -0.39 is 0 Å². The Bertz CT molecular complexity index is 977. The number of ether oxygens (including phenoxy) is 4. The third-order valence-electron chi connectivity index (χ3n) is 9.49. The Balaban J connectivity index is 1.35. The van der Waals surface area contributed by atoms with Gasteiger partial charge in [-0.25, -0.2) is 0 Å². The topological polar surface area (TPSA) is 60.5 Å². The van der Waals surface area contributed by atoms with E-state index in [1.165, 1.54) is 18.4 Å². The van der Waals surface area contributed by atoms with Crippen LogP contribution in [0.15, 0.2) is 30.4 Å². The molecule has 5 rings (SSSR count). The van der Waals surface area contributed by atoms with Crippen LogP contribution in [-0.4, -0.2) is 82.0 Å². The highest BCUT2D eigenvalue weighted by atomic mass is 16.6. The lowest BCUT2D eigenvalue weighted by atomic mass is 9.55. The minimum Gasteiger partial charge on any atom is -0.497 e. The van der Waals surface area contributed by atoms with Crippen molar-refractivity contribution in [2.24, 2.45) is 23.2 Å². The van der Waals surface area contributed by atoms with Crippen LogP contribution < -0.4 is 9.47 Å². The molecule has 2 aliphatic carbocycles. The molecule has 0 bridgehead atoms. The summed E-state index contributed by atoms with van der Waals surface area (Å²) in [5.41, 5.74) is 2.68. The van der Waals surface area contributed by atoms with E-state index in [0.717, 1.165) is 75.7 Å². The first kappa shape index (κ1) is 26.5. The van der Waals surface area contributed by atoms with E-state index in [9.17, 15) is 4.79 Å². The standard InChI is InChI=1S/C30H44N2O5/c1-21-6-5-9-30(2)18-28-24(17-26(21)30)25(29(33)37-28)20-32(11-10-31-12-14-36-15-13-31)19-22-16-23(34-3)7-8-27(22)35-4/h7-8,16,24-26,28H,1,5-6,9-15,17-20H2,2-4H3/t24-,25+,26+,28+,30+/m0/s1. The Hall–Kier alpha value is -2.09. The third-order valence-corrected chi connectivity index (χ3v) is 9.49. The molecule has 7 heteroatoms. The second kappa shape index (κ2) is 11.3. The number of methoxy groups -OCH3 is 2. The fourth-order valence-electron chi connectivity index (χ4n) is 7.33. The van der Waals surface area contributed by atoms with Crippen LogP contribution >= 0.6 is 0 Å². The zero-order chi connectivity index (χ0) is 26.0. The van der Waals surface area contributed by atoms with Gasteiger partial charge in [-0.2, -0.15) is 0 Å². The molecule has 4 aliphatic rings. The van der Waals surface area contributed by atoms with Gasteiger partial charge >= 0.3 is 5.97 Å². The minimum atomic E-state index is -0.106. The van der Waals surface area contributed by atoms with Crippen molar-refractivity contribution in [2.75, 3.05) is 60.2 Å². The lowest BCUT2D eigenvalue weighted by molar-refractivity contribution is -0.146. The van der Waals surface area contributed by atoms with E-state index in [-0.39, 0.29) is 29.3 Å². The number of hydrogen-bond donors (Lipinski definition) is 0. The van der Waals surface area contributed by atoms with Gasteiger partial charge in [0.2, 0.25) is 0 Å². The van der Waals surface area contributed by atoms with Gasteiger partial charge in [0.25, 0.3) is 0 Å². The van der Waals surface area contributed by atoms with Crippen LogP contribution in [0.5, 0.6) is 11.5 Å². The summed E-state index contributed by atoms with van der Waals surface area (Å²) < 4.78 is 22.8. The Morgan fingerprint density at radius 1 is 1.22 bits per heavy atom. The maximum absolute atomic E-state index is 13.3. The van der Waals surface area contributed by atoms with Crippen LogP contribution in [0, 0.1) is 23.2 Å². The van der Waals surface area contributed by atoms with Gasteiger partial charge in [-0.3, -0.25) is 14.6 Å². The first-order valence-electron chi connectivity index (χ1n) is 14.0. The maximum atomic E-state index is 13.3. The molecule has 0 unspecified atom stereocenters. The van der Waals surface area contributed by atoms with Crippen molar-refractivity contribution < 1.29 is 23.7 Å². The van der Waals surface area contributed by atoms with Gasteiger partial charge in [-0.05, 0) is 61.6 Å². The predicted octanol–water partition coefficient (Wildman–Crippen LogP) is 4.15. The second-order valence-electron chi connectivity index (χ2n) is 11.8. The molecule has 2 saturated heterocycles. The zero-order valence-corrected chi connectivity index (χ0v) is 22.9. The van der Waals surface area contributed by atoms with Gasteiger partial charge in [0, 0.05) is 50.7 Å². The first-order chi connectivity index (χ1) is 17.9. The Kier molecular flexibility index (Phi) is 8.13. The Morgan fingerprint density at radius 3 is 2.78 bits per heavy atom. The average Bonchev–Trinajstić information content (AvgIpc) is 3.19. The van der Waals surface area contributed by atoms with Crippen molar-refractivity contribution in [1.29, 1.82) is 0 Å². The van der Waals surface area contributed by atoms with Crippen molar-refractivity contribution in [3.63, 3.8) is 0 Å². The normalized spacial score (nSPS) is 32.1. The van der Waals surface area contributed by atoms with Crippen molar-refractivity contribution in [2.45, 2.75) is 51.7 Å². The van der Waals surface area contributed by atoms with Gasteiger partial charge < -0.3 is 18.9 Å². The quantitative estimate of drug-likeness (QED) is 0.364. The molecule has 2 saturated carbocycles. The van der Waals surface area contributed by atoms with Crippen LogP contribution in [0.3, 0.4) is 0 Å². The molecule has 0 radical (unpaired) electrons. The molecule has 2 aliphatic heterocycles. The summed E-state index contributed by atoms with van der Waals surface area (Å²) in [5.74, 6) is 2.29. The lowest BCUT2D eigenvalue weighted by Gasteiger charge is -2.50. The molecular formula is C30H44N2O5. The second-order valence-corrected chi connectivity index (χ2v) is 11.8. The van der Waals surface area contributed by atoms with Gasteiger partial charge in [0.05, 0.1) is 33.4 Å². The van der Waals surface area contributed by atoms with Crippen LogP contribution in [0.2, 0.25) is 0 Å². The number of fused-ring (bicyclic) bond motifs is 2. The number of allylic oxidation sites excluding steroid dienone is 1. The van der Waals surface area contributed by atoms with Crippen LogP contribution in [-0.2, 0) is 20.8 Å². The van der Waals surface area contributed by atoms with Gasteiger partial charge in [-0.1, -0.05) is 19.1 Å². The Morgan fingerprint density at radius 2 is 2.03 bits per heavy atom. The number of benzene rings is 1. The highest BCUT2D eigenvalue weighted by Gasteiger charge is 2.55. The molecule has 0 spiro atoms. The Labute approximate surface area is 222 Å². The summed E-state index contributed by atoms with van der Waals surface area (Å²) in [6.45, 7) is 13.5. The van der Waals surface area contributed by atoms with E-state index in [1.54, 1.807) is 14.2 Å². The highest BCUT2D eigenvalue weighted by Crippen LogP contribution is 2.57. The zero-order valence-electron chi connectivity index (χ0n) is 22.9. The smallest absolute Gasteiger partial charge is 0.310 e. The van der Waals surface area contributed by atoms with Crippen molar-refractivity contribution in [3.05, 3.63) is 35.9 Å². The van der Waals surface area contributed by atoms with Crippen LogP contribution in [0.4, 0.5) is 0 Å². The minimum absolute atomic E-state index is 0.0168. The molecule has 37 heavy (non-hydrogen) atoms. The number of carbonyl (C=O) groups is 1. The molecule has 0 aromatic heterocycles. The molecule has 5 atom stereocenters.